The molecule has 1 spiro atoms. The molecule has 0 aliphatic heterocycles. The minimum absolute atomic E-state index is 0.0191. The van der Waals surface area contributed by atoms with Gasteiger partial charge in [0.25, 0.3) is 0 Å². The van der Waals surface area contributed by atoms with Crippen molar-refractivity contribution in [1.29, 1.82) is 0 Å². The van der Waals surface area contributed by atoms with Gasteiger partial charge in [0.1, 0.15) is 0 Å². The lowest BCUT2D eigenvalue weighted by atomic mass is 9.50. The van der Waals surface area contributed by atoms with Gasteiger partial charge in [0.2, 0.25) is 0 Å². The van der Waals surface area contributed by atoms with Crippen molar-refractivity contribution >= 4 is 15.9 Å². The quantitative estimate of drug-likeness (QED) is 0.156. The highest BCUT2D eigenvalue weighted by Gasteiger charge is 2.54. The number of hydrogen-bond donors (Lipinski definition) is 0. The first-order chi connectivity index (χ1) is 36.0. The van der Waals surface area contributed by atoms with Crippen molar-refractivity contribution in [2.45, 2.75) is 158 Å². The smallest absolute Gasteiger partial charge is 0.0596 e. The van der Waals surface area contributed by atoms with E-state index in [1.165, 1.54) is 172 Å². The predicted molar refractivity (Wildman–Crippen MR) is 319 cm³/mol. The second kappa shape index (κ2) is 16.6. The molecule has 0 saturated heterocycles. The van der Waals surface area contributed by atoms with E-state index in [-0.39, 0.29) is 21.7 Å². The fourth-order valence-electron chi connectivity index (χ4n) is 16.1. The van der Waals surface area contributed by atoms with E-state index < -0.39 is 5.41 Å². The molecular weight excluding hydrogens is 969 g/mol. The summed E-state index contributed by atoms with van der Waals surface area (Å²) in [5.41, 5.74) is 27.5. The highest BCUT2D eigenvalue weighted by Crippen LogP contribution is 2.65. The van der Waals surface area contributed by atoms with Crippen LogP contribution in [0.25, 0.3) is 55.6 Å². The molecular formula is C74H73Br. The van der Waals surface area contributed by atoms with Gasteiger partial charge in [0.05, 0.1) is 5.41 Å². The molecule has 376 valence electrons. The van der Waals surface area contributed by atoms with Crippen LogP contribution >= 0.6 is 15.9 Å². The zero-order valence-corrected chi connectivity index (χ0v) is 47.1. The van der Waals surface area contributed by atoms with Crippen LogP contribution in [0.3, 0.4) is 0 Å². The first kappa shape index (κ1) is 47.7. The third-order valence-corrected chi connectivity index (χ3v) is 21.7. The highest BCUT2D eigenvalue weighted by molar-refractivity contribution is 9.10. The van der Waals surface area contributed by atoms with Crippen LogP contribution in [0.1, 0.15) is 176 Å². The predicted octanol–water partition coefficient (Wildman–Crippen LogP) is 20.5. The summed E-state index contributed by atoms with van der Waals surface area (Å²) in [5.74, 6) is 0. The van der Waals surface area contributed by atoms with Crippen molar-refractivity contribution in [1.82, 2.24) is 0 Å². The third kappa shape index (κ3) is 7.32. The fourth-order valence-corrected chi connectivity index (χ4v) is 16.4. The van der Waals surface area contributed by atoms with Crippen molar-refractivity contribution in [3.05, 3.63) is 224 Å². The molecule has 6 saturated carbocycles. The van der Waals surface area contributed by atoms with Crippen LogP contribution in [0.4, 0.5) is 0 Å². The average molecular weight is 1040 g/mol. The number of halogens is 1. The second-order valence-corrected chi connectivity index (χ2v) is 28.1. The monoisotopic (exact) mass is 1040 g/mol. The molecule has 0 unspecified atom stereocenters. The molecule has 0 radical (unpaired) electrons. The lowest BCUT2D eigenvalue weighted by Crippen LogP contribution is -2.46. The maximum atomic E-state index is 3.96. The van der Waals surface area contributed by atoms with E-state index in [0.29, 0.717) is 10.8 Å². The van der Waals surface area contributed by atoms with Crippen LogP contribution < -0.4 is 0 Å². The van der Waals surface area contributed by atoms with Crippen LogP contribution in [0.5, 0.6) is 0 Å². The lowest BCUT2D eigenvalue weighted by Gasteiger charge is -2.54. The number of benzene rings is 8. The van der Waals surface area contributed by atoms with Gasteiger partial charge in [-0.2, -0.15) is 0 Å². The fraction of sp³-hybridized carbons (Fsp3) is 0.351. The standard InChI is InChI=1S/C74H73Br/c1-68(2,3)57-25-29-61-62-30-26-58(69(4,5)6)46-66(62)74(65(61)45-57)64-44-53(18-28-60(64)63-31-27-59(75)47-67(63)74)52-16-23-56(24-17-52)73-41-38-72(39-42-73,40-43-73)55-21-14-51(15-22-55)49-10-8-48(9-11-49)50-12-19-54(20-13-50)71-35-32-70(7,33-36-71)34-37-71/h8-31,44-47H,32-43H2,1-7H3. The summed E-state index contributed by atoms with van der Waals surface area (Å²) in [6.45, 7) is 16.6. The number of rotatable bonds is 6. The molecule has 0 aromatic heterocycles. The van der Waals surface area contributed by atoms with Crippen molar-refractivity contribution < 1.29 is 0 Å². The van der Waals surface area contributed by atoms with Crippen LogP contribution in [-0.2, 0) is 32.5 Å². The molecule has 0 heterocycles. The average Bonchev–Trinajstić information content (AvgIpc) is 4.07. The molecule has 0 N–H and O–H groups in total. The van der Waals surface area contributed by atoms with Gasteiger partial charge >= 0.3 is 0 Å². The van der Waals surface area contributed by atoms with Crippen LogP contribution in [0, 0.1) is 5.41 Å². The number of fused-ring (bicyclic) bond motifs is 16. The zero-order valence-electron chi connectivity index (χ0n) is 45.5. The van der Waals surface area contributed by atoms with E-state index in [1.807, 2.05) is 0 Å². The first-order valence-electron chi connectivity index (χ1n) is 28.7. The number of hydrogen-bond acceptors (Lipinski definition) is 0. The topological polar surface area (TPSA) is 0 Å². The van der Waals surface area contributed by atoms with Crippen LogP contribution in [-0.4, -0.2) is 0 Å². The van der Waals surface area contributed by atoms with Crippen molar-refractivity contribution in [2.24, 2.45) is 5.41 Å². The first-order valence-corrected chi connectivity index (χ1v) is 29.5. The van der Waals surface area contributed by atoms with E-state index in [0.717, 1.165) is 4.47 Å². The van der Waals surface area contributed by atoms with E-state index in [9.17, 15) is 0 Å². The Morgan fingerprint density at radius 3 is 0.960 bits per heavy atom. The van der Waals surface area contributed by atoms with Gasteiger partial charge in [0.15, 0.2) is 0 Å². The highest BCUT2D eigenvalue weighted by atomic mass is 79.9. The van der Waals surface area contributed by atoms with Gasteiger partial charge in [-0.15, -0.1) is 0 Å². The summed E-state index contributed by atoms with van der Waals surface area (Å²) < 4.78 is 1.13. The maximum Gasteiger partial charge on any atom is 0.0726 e. The Labute approximate surface area is 456 Å². The Bertz CT molecular complexity index is 3460. The Kier molecular flexibility index (Phi) is 10.6. The summed E-state index contributed by atoms with van der Waals surface area (Å²) in [7, 11) is 0. The minimum atomic E-state index is -0.431. The summed E-state index contributed by atoms with van der Waals surface area (Å²) >= 11 is 3.96. The molecule has 8 aromatic rings. The third-order valence-electron chi connectivity index (χ3n) is 21.2. The maximum absolute atomic E-state index is 3.96. The van der Waals surface area contributed by atoms with Gasteiger partial charge in [-0.3, -0.25) is 0 Å². The molecule has 8 aliphatic carbocycles. The minimum Gasteiger partial charge on any atom is -0.0596 e. The van der Waals surface area contributed by atoms with Gasteiger partial charge in [-0.05, 0) is 233 Å². The van der Waals surface area contributed by atoms with Crippen LogP contribution in [0.15, 0.2) is 174 Å². The Balaban J connectivity index is 0.712. The molecule has 8 aromatic carbocycles. The summed E-state index contributed by atoms with van der Waals surface area (Å²) in [6.07, 6.45) is 15.9. The van der Waals surface area contributed by atoms with E-state index in [4.69, 9.17) is 0 Å². The molecule has 0 nitrogen and oxygen atoms in total. The molecule has 4 bridgehead atoms. The van der Waals surface area contributed by atoms with Crippen molar-refractivity contribution in [3.8, 4) is 55.6 Å². The zero-order chi connectivity index (χ0) is 51.3. The second-order valence-electron chi connectivity index (χ2n) is 27.2. The van der Waals surface area contributed by atoms with Crippen LogP contribution in [0.2, 0.25) is 0 Å². The van der Waals surface area contributed by atoms with E-state index >= 15 is 0 Å². The Morgan fingerprint density at radius 1 is 0.307 bits per heavy atom. The summed E-state index contributed by atoms with van der Waals surface area (Å²) in [4.78, 5) is 0. The molecule has 16 rings (SSSR count). The summed E-state index contributed by atoms with van der Waals surface area (Å²) in [6, 6.07) is 67.7. The van der Waals surface area contributed by atoms with Gasteiger partial charge in [-0.1, -0.05) is 216 Å². The molecule has 0 atom stereocenters. The molecule has 0 amide bonds. The van der Waals surface area contributed by atoms with Gasteiger partial charge in [-0.25, -0.2) is 0 Å². The largest absolute Gasteiger partial charge is 0.0726 e. The van der Waals surface area contributed by atoms with Crippen molar-refractivity contribution in [2.75, 3.05) is 0 Å². The Morgan fingerprint density at radius 2 is 0.587 bits per heavy atom. The van der Waals surface area contributed by atoms with Crippen molar-refractivity contribution in [3.63, 3.8) is 0 Å². The molecule has 8 aliphatic rings. The molecule has 1 heteroatoms. The van der Waals surface area contributed by atoms with E-state index in [2.05, 4.69) is 234 Å². The van der Waals surface area contributed by atoms with E-state index in [1.54, 1.807) is 11.1 Å². The SMILES string of the molecule is CC12CCC(c3ccc(-c4ccc(-c5ccc(C67CCC(c8ccc(-c9ccc%10c(c9)C9(c%11cc(Br)ccc%11-%10)c%10cc(C(C)(C)C)ccc%10-c%10ccc(C(C)(C)C)cc%109)cc8)(CC6)CC7)cc5)cc4)cc3)(CC1)CC2. The normalized spacial score (nSPS) is 24.7. The molecule has 6 fully saturated rings. The Hall–Kier alpha value is -5.76. The van der Waals surface area contributed by atoms with Gasteiger partial charge in [0, 0.05) is 4.47 Å². The molecule has 75 heavy (non-hydrogen) atoms. The lowest BCUT2D eigenvalue weighted by molar-refractivity contribution is 0.0556. The van der Waals surface area contributed by atoms with Gasteiger partial charge < -0.3 is 0 Å². The summed E-state index contributed by atoms with van der Waals surface area (Å²) in [5, 5.41) is 0.